The molecule has 5 rings (SSSR count). The predicted molar refractivity (Wildman–Crippen MR) is 146 cm³/mol. The Kier molecular flexibility index (Phi) is 4.58. The molecular weight excluding hydrogens is 400 g/mol. The highest BCUT2D eigenvalue weighted by molar-refractivity contribution is 5.94. The molecule has 3 aliphatic rings. The van der Waals surface area contributed by atoms with Crippen LogP contribution in [-0.2, 0) is 5.41 Å². The van der Waals surface area contributed by atoms with E-state index in [-0.39, 0.29) is 16.5 Å². The number of likely N-dealkylation sites (N-methyl/N-ethyl adjacent to an activating group) is 2. The summed E-state index contributed by atoms with van der Waals surface area (Å²) in [6.07, 6.45) is 4.88. The molecular formula is C31H40N2. The van der Waals surface area contributed by atoms with E-state index in [1.54, 1.807) is 0 Å². The highest BCUT2D eigenvalue weighted by atomic mass is 15.2. The van der Waals surface area contributed by atoms with Crippen LogP contribution < -0.4 is 9.80 Å². The second kappa shape index (κ2) is 6.78. The molecule has 0 saturated carbocycles. The van der Waals surface area contributed by atoms with E-state index in [1.165, 1.54) is 55.9 Å². The molecule has 0 unspecified atom stereocenters. The van der Waals surface area contributed by atoms with Crippen molar-refractivity contribution in [1.82, 2.24) is 0 Å². The number of allylic oxidation sites excluding steroid dienone is 2. The van der Waals surface area contributed by atoms with Gasteiger partial charge < -0.3 is 9.80 Å². The normalized spacial score (nSPS) is 21.0. The van der Waals surface area contributed by atoms with E-state index in [9.17, 15) is 0 Å². The Morgan fingerprint density at radius 2 is 0.939 bits per heavy atom. The molecule has 0 aromatic heterocycles. The summed E-state index contributed by atoms with van der Waals surface area (Å²) in [4.78, 5) is 5.13. The number of nitrogens with zero attached hydrogens (tertiary/aromatic N) is 2. The van der Waals surface area contributed by atoms with Gasteiger partial charge in [0.15, 0.2) is 0 Å². The van der Waals surface area contributed by atoms with Crippen LogP contribution in [0.2, 0.25) is 0 Å². The van der Waals surface area contributed by atoms with Crippen LogP contribution in [0.5, 0.6) is 0 Å². The summed E-state index contributed by atoms with van der Waals surface area (Å²) >= 11 is 0. The number of rotatable bonds is 2. The molecule has 1 aliphatic carbocycles. The lowest BCUT2D eigenvalue weighted by Crippen LogP contribution is -2.45. The number of hydrogen-bond acceptors (Lipinski definition) is 2. The van der Waals surface area contributed by atoms with Crippen molar-refractivity contribution in [3.63, 3.8) is 0 Å². The fourth-order valence-electron chi connectivity index (χ4n) is 7.03. The first-order valence-electron chi connectivity index (χ1n) is 12.7. The van der Waals surface area contributed by atoms with Gasteiger partial charge in [0.1, 0.15) is 0 Å². The molecule has 2 heterocycles. The quantitative estimate of drug-likeness (QED) is 0.466. The van der Waals surface area contributed by atoms with Gasteiger partial charge in [-0.05, 0) is 113 Å². The first-order valence-corrected chi connectivity index (χ1v) is 12.7. The molecule has 2 aromatic rings. The standard InChI is InChI=1S/C31H40N2/c1-11-32-27-15-25-23(13-21(27)19(3)17-29(32,5)6)24-14-22-20(4)18-30(7,8)33(12-2)28(22)16-26(24)31(25,9)10/h13-18H,11-12H2,1-10H3. The third kappa shape index (κ3) is 2.92. The molecule has 2 nitrogen and oxygen atoms in total. The fourth-order valence-corrected chi connectivity index (χ4v) is 7.03. The van der Waals surface area contributed by atoms with Crippen molar-refractivity contribution in [2.75, 3.05) is 22.9 Å². The van der Waals surface area contributed by atoms with Crippen molar-refractivity contribution in [2.45, 2.75) is 85.7 Å². The lowest BCUT2D eigenvalue weighted by molar-refractivity contribution is 0.564. The molecule has 0 saturated heterocycles. The second-order valence-corrected chi connectivity index (χ2v) is 11.9. The molecule has 0 bridgehead atoms. The van der Waals surface area contributed by atoms with Crippen LogP contribution in [0.1, 0.15) is 91.5 Å². The Morgan fingerprint density at radius 1 is 0.576 bits per heavy atom. The van der Waals surface area contributed by atoms with Crippen molar-refractivity contribution in [3.05, 3.63) is 58.7 Å². The Morgan fingerprint density at radius 3 is 1.27 bits per heavy atom. The molecule has 2 aliphatic heterocycles. The molecule has 0 spiro atoms. The van der Waals surface area contributed by atoms with Gasteiger partial charge in [0.05, 0.1) is 11.1 Å². The van der Waals surface area contributed by atoms with Gasteiger partial charge in [0.2, 0.25) is 0 Å². The van der Waals surface area contributed by atoms with E-state index < -0.39 is 0 Å². The van der Waals surface area contributed by atoms with Crippen LogP contribution in [0.4, 0.5) is 11.4 Å². The zero-order valence-electron chi connectivity index (χ0n) is 22.3. The average molecular weight is 441 g/mol. The monoisotopic (exact) mass is 440 g/mol. The van der Waals surface area contributed by atoms with E-state index in [0.29, 0.717) is 0 Å². The summed E-state index contributed by atoms with van der Waals surface area (Å²) in [6.45, 7) is 25.3. The van der Waals surface area contributed by atoms with E-state index in [4.69, 9.17) is 0 Å². The molecule has 2 heteroatoms. The second-order valence-electron chi connectivity index (χ2n) is 11.9. The minimum Gasteiger partial charge on any atom is -0.363 e. The zero-order chi connectivity index (χ0) is 24.1. The van der Waals surface area contributed by atoms with Gasteiger partial charge in [-0.15, -0.1) is 0 Å². The van der Waals surface area contributed by atoms with Gasteiger partial charge in [-0.2, -0.15) is 0 Å². The van der Waals surface area contributed by atoms with Crippen LogP contribution in [-0.4, -0.2) is 24.2 Å². The Hall–Kier alpha value is -2.48. The molecule has 0 radical (unpaired) electrons. The largest absolute Gasteiger partial charge is 0.363 e. The number of anilines is 2. The fraction of sp³-hybridized carbons (Fsp3) is 0.484. The van der Waals surface area contributed by atoms with Crippen LogP contribution in [0, 0.1) is 0 Å². The Balaban J connectivity index is 1.78. The SMILES string of the molecule is CCN1c2cc3c(cc2C(C)=CC1(C)C)-c1cc2c(cc1C3(C)C)N(CC)C(C)(C)C=C2C. The minimum atomic E-state index is -0.0219. The van der Waals surface area contributed by atoms with Crippen molar-refractivity contribution in [2.24, 2.45) is 0 Å². The molecule has 0 fully saturated rings. The Bertz CT molecular complexity index is 1140. The first kappa shape index (κ1) is 22.3. The smallest absolute Gasteiger partial charge is 0.0534 e. The van der Waals surface area contributed by atoms with Crippen molar-refractivity contribution < 1.29 is 0 Å². The Labute approximate surface area is 201 Å². The van der Waals surface area contributed by atoms with Gasteiger partial charge in [-0.25, -0.2) is 0 Å². The highest BCUT2D eigenvalue weighted by Gasteiger charge is 2.41. The van der Waals surface area contributed by atoms with Crippen LogP contribution >= 0.6 is 0 Å². The summed E-state index contributed by atoms with van der Waals surface area (Å²) in [5, 5.41) is 0. The molecule has 2 aromatic carbocycles. The van der Waals surface area contributed by atoms with E-state index >= 15 is 0 Å². The predicted octanol–water partition coefficient (Wildman–Crippen LogP) is 8.04. The highest BCUT2D eigenvalue weighted by Crippen LogP contribution is 2.55. The molecule has 0 N–H and O–H groups in total. The zero-order valence-corrected chi connectivity index (χ0v) is 22.3. The topological polar surface area (TPSA) is 6.48 Å². The lowest BCUT2D eigenvalue weighted by atomic mass is 9.79. The van der Waals surface area contributed by atoms with E-state index in [1.807, 2.05) is 0 Å². The third-order valence-corrected chi connectivity index (χ3v) is 8.50. The molecule has 0 amide bonds. The average Bonchev–Trinajstić information content (AvgIpc) is 2.92. The lowest BCUT2D eigenvalue weighted by Gasteiger charge is -2.43. The van der Waals surface area contributed by atoms with E-state index in [2.05, 4.69) is 115 Å². The van der Waals surface area contributed by atoms with Gasteiger partial charge in [-0.3, -0.25) is 0 Å². The van der Waals surface area contributed by atoms with Crippen LogP contribution in [0.3, 0.4) is 0 Å². The van der Waals surface area contributed by atoms with Gasteiger partial charge in [0.25, 0.3) is 0 Å². The van der Waals surface area contributed by atoms with Crippen molar-refractivity contribution in [1.29, 1.82) is 0 Å². The maximum Gasteiger partial charge on any atom is 0.0534 e. The van der Waals surface area contributed by atoms with Crippen molar-refractivity contribution >= 4 is 22.5 Å². The summed E-state index contributed by atoms with van der Waals surface area (Å²) < 4.78 is 0. The van der Waals surface area contributed by atoms with E-state index in [0.717, 1.165) is 13.1 Å². The van der Waals surface area contributed by atoms with Crippen LogP contribution in [0.25, 0.3) is 22.3 Å². The molecule has 0 atom stereocenters. The molecule has 174 valence electrons. The summed E-state index contributed by atoms with van der Waals surface area (Å²) in [6, 6.07) is 9.99. The maximum absolute atomic E-state index is 2.56. The maximum atomic E-state index is 2.56. The summed E-state index contributed by atoms with van der Waals surface area (Å²) in [5.74, 6) is 0. The number of benzene rings is 2. The van der Waals surface area contributed by atoms with Crippen molar-refractivity contribution in [3.8, 4) is 11.1 Å². The number of hydrogen-bond donors (Lipinski definition) is 0. The van der Waals surface area contributed by atoms with Gasteiger partial charge in [-0.1, -0.05) is 26.0 Å². The minimum absolute atomic E-state index is 0.0219. The first-order chi connectivity index (χ1) is 15.3. The summed E-state index contributed by atoms with van der Waals surface area (Å²) in [7, 11) is 0. The molecule has 33 heavy (non-hydrogen) atoms. The summed E-state index contributed by atoms with van der Waals surface area (Å²) in [5.41, 5.74) is 14.1. The van der Waals surface area contributed by atoms with Gasteiger partial charge >= 0.3 is 0 Å². The number of fused-ring (bicyclic) bond motifs is 5. The van der Waals surface area contributed by atoms with Crippen LogP contribution in [0.15, 0.2) is 36.4 Å². The third-order valence-electron chi connectivity index (χ3n) is 8.50. The van der Waals surface area contributed by atoms with Gasteiger partial charge in [0, 0.05) is 41.0 Å².